The van der Waals surface area contributed by atoms with Crippen LogP contribution in [0.25, 0.3) is 0 Å². The molecule has 0 aliphatic rings. The fourth-order valence-corrected chi connectivity index (χ4v) is 1.11. The summed E-state index contributed by atoms with van der Waals surface area (Å²) in [5, 5.41) is 0. The molecule has 1 aromatic rings. The molecule has 2 N–H and O–H groups in total. The molecule has 0 radical (unpaired) electrons. The molecule has 5 heteroatoms. The molecule has 56 valence electrons. The van der Waals surface area contributed by atoms with E-state index in [4.69, 9.17) is 9.79 Å². The molecule has 0 amide bonds. The van der Waals surface area contributed by atoms with E-state index in [0.29, 0.717) is 5.76 Å². The van der Waals surface area contributed by atoms with Gasteiger partial charge in [0.1, 0.15) is 5.76 Å². The van der Waals surface area contributed by atoms with Crippen LogP contribution in [0.5, 0.6) is 0 Å². The van der Waals surface area contributed by atoms with Crippen molar-refractivity contribution in [3.05, 3.63) is 17.9 Å². The van der Waals surface area contributed by atoms with E-state index in [9.17, 15) is 4.57 Å². The fourth-order valence-electron chi connectivity index (χ4n) is 0.578. The Hall–Kier alpha value is -0.570. The maximum absolute atomic E-state index is 10.4. The first-order chi connectivity index (χ1) is 4.50. The summed E-state index contributed by atoms with van der Waals surface area (Å²) < 4.78 is 15.1. The van der Waals surface area contributed by atoms with Crippen LogP contribution in [-0.2, 0) is 4.57 Å². The zero-order valence-corrected chi connectivity index (χ0v) is 6.21. The van der Waals surface area contributed by atoms with Crippen LogP contribution in [0.2, 0.25) is 0 Å². The number of aryl methyl sites for hydroxylation is 1. The van der Waals surface area contributed by atoms with Crippen molar-refractivity contribution in [1.82, 2.24) is 0 Å². The molecule has 1 aromatic heterocycles. The molecule has 1 rings (SSSR count). The Balaban J connectivity index is 3.08. The van der Waals surface area contributed by atoms with E-state index in [2.05, 4.69) is 4.42 Å². The maximum Gasteiger partial charge on any atom is 0.391 e. The van der Waals surface area contributed by atoms with Crippen molar-refractivity contribution in [2.45, 2.75) is 6.92 Å². The molecule has 0 atom stereocenters. The first kappa shape index (κ1) is 7.54. The largest absolute Gasteiger partial charge is 0.453 e. The second-order valence-electron chi connectivity index (χ2n) is 1.93. The minimum Gasteiger partial charge on any atom is -0.453 e. The van der Waals surface area contributed by atoms with E-state index in [-0.39, 0.29) is 5.50 Å². The molecule has 4 nitrogen and oxygen atoms in total. The molecule has 0 aliphatic carbocycles. The number of rotatable bonds is 1. The zero-order valence-electron chi connectivity index (χ0n) is 5.31. The van der Waals surface area contributed by atoms with E-state index < -0.39 is 7.60 Å². The minimum absolute atomic E-state index is 0.273. The third-order valence-electron chi connectivity index (χ3n) is 1.01. The van der Waals surface area contributed by atoms with E-state index in [1.807, 2.05) is 0 Å². The Labute approximate surface area is 57.6 Å². The average molecular weight is 162 g/mol. The Morgan fingerprint density at radius 2 is 2.10 bits per heavy atom. The summed E-state index contributed by atoms with van der Waals surface area (Å²) in [5.74, 6) is 0.498. The van der Waals surface area contributed by atoms with Gasteiger partial charge in [0, 0.05) is 0 Å². The van der Waals surface area contributed by atoms with E-state index in [1.165, 1.54) is 12.1 Å². The average Bonchev–Trinajstić information content (AvgIpc) is 2.11. The van der Waals surface area contributed by atoms with Crippen molar-refractivity contribution >= 4 is 13.1 Å². The standard InChI is InChI=1S/C5H7O4P/c1-4-2-3-5(9-4)10(6,7)8/h2-3H,1H3,(H2,6,7,8). The minimum atomic E-state index is -4.16. The Kier molecular flexibility index (Phi) is 1.68. The van der Waals surface area contributed by atoms with Crippen LogP contribution in [0.4, 0.5) is 0 Å². The summed E-state index contributed by atoms with van der Waals surface area (Å²) >= 11 is 0. The lowest BCUT2D eigenvalue weighted by Gasteiger charge is -1.95. The van der Waals surface area contributed by atoms with Crippen LogP contribution in [0, 0.1) is 6.92 Å². The van der Waals surface area contributed by atoms with Crippen LogP contribution in [0.3, 0.4) is 0 Å². The van der Waals surface area contributed by atoms with Crippen molar-refractivity contribution in [1.29, 1.82) is 0 Å². The Bertz CT molecular complexity index is 271. The molecule has 0 spiro atoms. The quantitative estimate of drug-likeness (QED) is 0.586. The van der Waals surface area contributed by atoms with Gasteiger partial charge >= 0.3 is 7.60 Å². The van der Waals surface area contributed by atoms with Gasteiger partial charge in [-0.25, -0.2) is 0 Å². The van der Waals surface area contributed by atoms with Crippen LogP contribution in [0.1, 0.15) is 5.76 Å². The van der Waals surface area contributed by atoms with Gasteiger partial charge in [-0.15, -0.1) is 0 Å². The van der Waals surface area contributed by atoms with Gasteiger partial charge in [-0.3, -0.25) is 4.57 Å². The third kappa shape index (κ3) is 1.48. The second-order valence-corrected chi connectivity index (χ2v) is 3.46. The summed E-state index contributed by atoms with van der Waals surface area (Å²) in [6.45, 7) is 1.62. The molecule has 0 aromatic carbocycles. The van der Waals surface area contributed by atoms with Crippen molar-refractivity contribution in [3.63, 3.8) is 0 Å². The summed E-state index contributed by atoms with van der Waals surface area (Å²) in [4.78, 5) is 17.0. The molecule has 0 unspecified atom stereocenters. The summed E-state index contributed by atoms with van der Waals surface area (Å²) in [5.41, 5.74) is -0.273. The molecule has 0 aliphatic heterocycles. The van der Waals surface area contributed by atoms with Gasteiger partial charge in [-0.1, -0.05) is 0 Å². The highest BCUT2D eigenvalue weighted by molar-refractivity contribution is 7.59. The van der Waals surface area contributed by atoms with Gasteiger partial charge in [0.15, 0.2) is 0 Å². The lowest BCUT2D eigenvalue weighted by atomic mass is 10.5. The van der Waals surface area contributed by atoms with E-state index >= 15 is 0 Å². The lowest BCUT2D eigenvalue weighted by Crippen LogP contribution is -1.98. The predicted molar refractivity (Wildman–Crippen MR) is 35.1 cm³/mol. The SMILES string of the molecule is Cc1ccc(P(=O)(O)O)o1. The molecular formula is C5H7O4P. The molecule has 0 fully saturated rings. The Morgan fingerprint density at radius 1 is 1.50 bits per heavy atom. The highest BCUT2D eigenvalue weighted by atomic mass is 31.2. The molecule has 1 heterocycles. The molecule has 0 saturated carbocycles. The van der Waals surface area contributed by atoms with Crippen molar-refractivity contribution in [3.8, 4) is 0 Å². The summed E-state index contributed by atoms with van der Waals surface area (Å²) in [7, 11) is -4.16. The van der Waals surface area contributed by atoms with Gasteiger partial charge in [0.2, 0.25) is 5.50 Å². The van der Waals surface area contributed by atoms with Crippen LogP contribution in [0.15, 0.2) is 16.5 Å². The normalized spacial score (nSPS) is 11.9. The van der Waals surface area contributed by atoms with Crippen LogP contribution in [-0.4, -0.2) is 9.79 Å². The number of furan rings is 1. The monoisotopic (exact) mass is 162 g/mol. The van der Waals surface area contributed by atoms with Crippen molar-refractivity contribution in [2.75, 3.05) is 0 Å². The van der Waals surface area contributed by atoms with Gasteiger partial charge in [-0.05, 0) is 19.1 Å². The highest BCUT2D eigenvalue weighted by Crippen LogP contribution is 2.33. The van der Waals surface area contributed by atoms with Gasteiger partial charge < -0.3 is 14.2 Å². The maximum atomic E-state index is 10.4. The topological polar surface area (TPSA) is 70.7 Å². The molecule has 0 saturated heterocycles. The van der Waals surface area contributed by atoms with E-state index in [1.54, 1.807) is 6.92 Å². The summed E-state index contributed by atoms with van der Waals surface area (Å²) in [6, 6.07) is 2.78. The van der Waals surface area contributed by atoms with Crippen molar-refractivity contribution in [2.24, 2.45) is 0 Å². The first-order valence-corrected chi connectivity index (χ1v) is 4.24. The fraction of sp³-hybridized carbons (Fsp3) is 0.200. The smallest absolute Gasteiger partial charge is 0.391 e. The Morgan fingerprint density at radius 3 is 2.30 bits per heavy atom. The van der Waals surface area contributed by atoms with Crippen molar-refractivity contribution < 1.29 is 18.8 Å². The third-order valence-corrected chi connectivity index (χ3v) is 1.83. The predicted octanol–water partition coefficient (Wildman–Crippen LogP) is 0.391. The number of hydrogen-bond acceptors (Lipinski definition) is 2. The van der Waals surface area contributed by atoms with Crippen LogP contribution < -0.4 is 5.50 Å². The van der Waals surface area contributed by atoms with Gasteiger partial charge in [-0.2, -0.15) is 0 Å². The number of hydrogen-bond donors (Lipinski definition) is 2. The second kappa shape index (κ2) is 2.23. The highest BCUT2D eigenvalue weighted by Gasteiger charge is 2.20. The molecule has 10 heavy (non-hydrogen) atoms. The van der Waals surface area contributed by atoms with Gasteiger partial charge in [0.05, 0.1) is 0 Å². The van der Waals surface area contributed by atoms with Gasteiger partial charge in [0.25, 0.3) is 0 Å². The van der Waals surface area contributed by atoms with Crippen LogP contribution >= 0.6 is 7.60 Å². The summed E-state index contributed by atoms with van der Waals surface area (Å²) in [6.07, 6.45) is 0. The molecule has 0 bridgehead atoms. The van der Waals surface area contributed by atoms with E-state index in [0.717, 1.165) is 0 Å². The molecular weight excluding hydrogens is 155 g/mol. The zero-order chi connectivity index (χ0) is 7.78. The first-order valence-electron chi connectivity index (χ1n) is 2.63. The lowest BCUT2D eigenvalue weighted by molar-refractivity contribution is 0.375.